The van der Waals surface area contributed by atoms with Crippen molar-refractivity contribution < 1.29 is 25.6 Å². The molecule has 0 aromatic heterocycles. The molecule has 1 aliphatic rings. The minimum Gasteiger partial charge on any atom is -0.218 e. The van der Waals surface area contributed by atoms with E-state index in [9.17, 15) is 25.6 Å². The molecule has 3 rings (SSSR count). The van der Waals surface area contributed by atoms with Crippen molar-refractivity contribution >= 4 is 19.9 Å². The molecule has 0 fully saturated rings. The first kappa shape index (κ1) is 18.0. The molecule has 0 amide bonds. The van der Waals surface area contributed by atoms with Crippen molar-refractivity contribution in [3.05, 3.63) is 59.7 Å². The monoisotopic (exact) mass is 387 g/mol. The van der Waals surface area contributed by atoms with E-state index in [0.717, 1.165) is 35.4 Å². The van der Waals surface area contributed by atoms with Crippen LogP contribution in [0.2, 0.25) is 0 Å². The summed E-state index contributed by atoms with van der Waals surface area (Å²) >= 11 is 0. The largest absolute Gasteiger partial charge is 0.341 e. The molecule has 0 aliphatic carbocycles. The van der Waals surface area contributed by atoms with Crippen LogP contribution < -0.4 is 0 Å². The van der Waals surface area contributed by atoms with Gasteiger partial charge in [0.25, 0.3) is 0 Å². The van der Waals surface area contributed by atoms with Gasteiger partial charge < -0.3 is 0 Å². The summed E-state index contributed by atoms with van der Waals surface area (Å²) in [5.41, 5.74) is 2.00. The van der Waals surface area contributed by atoms with Gasteiger partial charge in [-0.15, -0.1) is 0 Å². The van der Waals surface area contributed by atoms with Gasteiger partial charge >= 0.3 is 5.76 Å². The molecule has 0 atom stereocenters. The number of benzene rings is 2. The van der Waals surface area contributed by atoms with Crippen molar-refractivity contribution in [1.82, 2.24) is 4.31 Å². The van der Waals surface area contributed by atoms with Crippen molar-refractivity contribution in [2.24, 2.45) is 0 Å². The molecular weight excluding hydrogens is 372 g/mol. The third kappa shape index (κ3) is 3.31. The molecule has 134 valence electrons. The van der Waals surface area contributed by atoms with Crippen LogP contribution in [0.5, 0.6) is 0 Å². The number of halogens is 2. The number of fused-ring (bicyclic) bond motifs is 1. The van der Waals surface area contributed by atoms with Gasteiger partial charge in [0.05, 0.1) is 9.79 Å². The lowest BCUT2D eigenvalue weighted by atomic mass is 10.0. The van der Waals surface area contributed by atoms with Crippen molar-refractivity contribution in [2.75, 3.05) is 6.54 Å². The highest BCUT2D eigenvalue weighted by atomic mass is 32.2. The molecule has 0 unspecified atom stereocenters. The summed E-state index contributed by atoms with van der Waals surface area (Å²) in [5, 5.41) is 0. The Labute approximate surface area is 144 Å². The summed E-state index contributed by atoms with van der Waals surface area (Å²) in [6.45, 7) is 0.520. The van der Waals surface area contributed by atoms with E-state index in [-0.39, 0.29) is 11.4 Å². The summed E-state index contributed by atoms with van der Waals surface area (Å²) < 4.78 is 74.7. The molecule has 0 saturated heterocycles. The first-order chi connectivity index (χ1) is 11.7. The Kier molecular flexibility index (Phi) is 4.65. The zero-order valence-electron chi connectivity index (χ0n) is 13.0. The second-order valence-corrected chi connectivity index (χ2v) is 9.49. The lowest BCUT2D eigenvalue weighted by molar-refractivity contribution is 0.234. The van der Waals surface area contributed by atoms with Gasteiger partial charge in [0, 0.05) is 13.1 Å². The first-order valence-electron chi connectivity index (χ1n) is 7.42. The minimum atomic E-state index is -4.75. The van der Waals surface area contributed by atoms with Gasteiger partial charge in [0.15, 0.2) is 0 Å². The fourth-order valence-electron chi connectivity index (χ4n) is 2.73. The van der Waals surface area contributed by atoms with Crippen molar-refractivity contribution in [3.63, 3.8) is 0 Å². The van der Waals surface area contributed by atoms with Gasteiger partial charge in [0.1, 0.15) is 0 Å². The Morgan fingerprint density at radius 2 is 1.40 bits per heavy atom. The molecular formula is C16H15F2NO4S2. The summed E-state index contributed by atoms with van der Waals surface area (Å²) in [6, 6.07) is 11.4. The fourth-order valence-corrected chi connectivity index (χ4v) is 4.87. The van der Waals surface area contributed by atoms with Crippen LogP contribution in [0.4, 0.5) is 8.78 Å². The predicted molar refractivity (Wildman–Crippen MR) is 87.4 cm³/mol. The average Bonchev–Trinajstić information content (AvgIpc) is 2.61. The zero-order chi connectivity index (χ0) is 18.2. The summed E-state index contributed by atoms with van der Waals surface area (Å²) in [4.78, 5) is -0.731. The standard InChI is InChI=1S/C16H15F2NO4S2/c17-16(18)24(20,21)14-5-7-15(8-6-14)25(22,23)19-10-9-12-3-1-2-4-13(12)11-19/h1-8,16H,9-11H2. The van der Waals surface area contributed by atoms with Crippen LogP contribution in [0.3, 0.4) is 0 Å². The summed E-state index contributed by atoms with van der Waals surface area (Å²) in [7, 11) is -8.58. The quantitative estimate of drug-likeness (QED) is 0.808. The summed E-state index contributed by atoms with van der Waals surface area (Å²) in [6.07, 6.45) is 0.577. The van der Waals surface area contributed by atoms with Crippen LogP contribution in [0.25, 0.3) is 0 Å². The molecule has 0 spiro atoms. The Morgan fingerprint density at radius 3 is 2.00 bits per heavy atom. The normalized spacial score (nSPS) is 16.0. The molecule has 0 bridgehead atoms. The SMILES string of the molecule is O=S(=O)(c1ccc(S(=O)(=O)N2CCc3ccccc3C2)cc1)C(F)F. The third-order valence-corrected chi connectivity index (χ3v) is 7.38. The van der Waals surface area contributed by atoms with Gasteiger partial charge in [-0.05, 0) is 41.8 Å². The Morgan fingerprint density at radius 1 is 0.840 bits per heavy atom. The number of hydrogen-bond donors (Lipinski definition) is 0. The van der Waals surface area contributed by atoms with E-state index in [0.29, 0.717) is 13.0 Å². The molecule has 2 aromatic carbocycles. The van der Waals surface area contributed by atoms with Crippen molar-refractivity contribution in [1.29, 1.82) is 0 Å². The van der Waals surface area contributed by atoms with Crippen LogP contribution in [0.1, 0.15) is 11.1 Å². The van der Waals surface area contributed by atoms with E-state index in [2.05, 4.69) is 0 Å². The van der Waals surface area contributed by atoms with E-state index in [1.54, 1.807) is 0 Å². The smallest absolute Gasteiger partial charge is 0.218 e. The van der Waals surface area contributed by atoms with Gasteiger partial charge in [-0.3, -0.25) is 0 Å². The third-order valence-electron chi connectivity index (χ3n) is 4.12. The molecule has 1 aliphatic heterocycles. The Bertz CT molecular complexity index is 987. The number of hydrogen-bond acceptors (Lipinski definition) is 4. The van der Waals surface area contributed by atoms with Gasteiger partial charge in [0.2, 0.25) is 19.9 Å². The molecule has 0 radical (unpaired) electrons. The van der Waals surface area contributed by atoms with Gasteiger partial charge in [-0.1, -0.05) is 24.3 Å². The molecule has 25 heavy (non-hydrogen) atoms. The van der Waals surface area contributed by atoms with E-state index in [1.807, 2.05) is 24.3 Å². The number of alkyl halides is 2. The van der Waals surface area contributed by atoms with Gasteiger partial charge in [-0.2, -0.15) is 13.1 Å². The highest BCUT2D eigenvalue weighted by Gasteiger charge is 2.30. The number of sulfonamides is 1. The lowest BCUT2D eigenvalue weighted by Gasteiger charge is -2.28. The minimum absolute atomic E-state index is 0.125. The van der Waals surface area contributed by atoms with Crippen molar-refractivity contribution in [3.8, 4) is 0 Å². The van der Waals surface area contributed by atoms with Crippen LogP contribution in [0.15, 0.2) is 58.3 Å². The van der Waals surface area contributed by atoms with Crippen LogP contribution in [-0.4, -0.2) is 33.4 Å². The molecule has 0 N–H and O–H groups in total. The maximum atomic E-state index is 12.7. The highest BCUT2D eigenvalue weighted by Crippen LogP contribution is 2.26. The van der Waals surface area contributed by atoms with E-state index < -0.39 is 30.5 Å². The van der Waals surface area contributed by atoms with E-state index >= 15 is 0 Å². The fraction of sp³-hybridized carbons (Fsp3) is 0.250. The molecule has 5 nitrogen and oxygen atoms in total. The van der Waals surface area contributed by atoms with E-state index in [4.69, 9.17) is 0 Å². The lowest BCUT2D eigenvalue weighted by Crippen LogP contribution is -2.35. The maximum Gasteiger partial charge on any atom is 0.341 e. The van der Waals surface area contributed by atoms with Crippen molar-refractivity contribution in [2.45, 2.75) is 28.5 Å². The number of sulfone groups is 1. The second-order valence-electron chi connectivity index (χ2n) is 5.63. The Hall–Kier alpha value is -1.84. The van der Waals surface area contributed by atoms with Crippen LogP contribution >= 0.6 is 0 Å². The van der Waals surface area contributed by atoms with E-state index in [1.165, 1.54) is 4.31 Å². The second kappa shape index (κ2) is 6.47. The van der Waals surface area contributed by atoms with Crippen LogP contribution in [0, 0.1) is 0 Å². The molecule has 9 heteroatoms. The zero-order valence-corrected chi connectivity index (χ0v) is 14.6. The number of rotatable bonds is 4. The topological polar surface area (TPSA) is 71.5 Å². The number of nitrogens with zero attached hydrogens (tertiary/aromatic N) is 1. The maximum absolute atomic E-state index is 12.7. The van der Waals surface area contributed by atoms with Crippen LogP contribution in [-0.2, 0) is 32.8 Å². The molecule has 0 saturated carbocycles. The Balaban J connectivity index is 1.89. The average molecular weight is 387 g/mol. The van der Waals surface area contributed by atoms with Gasteiger partial charge in [-0.25, -0.2) is 16.8 Å². The summed E-state index contributed by atoms with van der Waals surface area (Å²) in [5.74, 6) is -3.55. The highest BCUT2D eigenvalue weighted by molar-refractivity contribution is 7.91. The molecule has 1 heterocycles. The first-order valence-corrected chi connectivity index (χ1v) is 10.4. The predicted octanol–water partition coefficient (Wildman–Crippen LogP) is 2.43. The molecule has 2 aromatic rings.